The smallest absolute Gasteiger partial charge is 0.339 e. The molecule has 2 rings (SSSR count). The van der Waals surface area contributed by atoms with E-state index in [-0.39, 0.29) is 17.2 Å². The third kappa shape index (κ3) is 2.67. The van der Waals surface area contributed by atoms with Gasteiger partial charge in [-0.15, -0.1) is 0 Å². The molecular formula is C11H14N6O2. The van der Waals surface area contributed by atoms with Gasteiger partial charge in [0.05, 0.1) is 4.92 Å². The van der Waals surface area contributed by atoms with Gasteiger partial charge >= 0.3 is 5.69 Å². The van der Waals surface area contributed by atoms with Gasteiger partial charge in [-0.3, -0.25) is 14.8 Å². The number of rotatable bonds is 5. The summed E-state index contributed by atoms with van der Waals surface area (Å²) in [6, 6.07) is 1.68. The van der Waals surface area contributed by atoms with Gasteiger partial charge in [-0.05, 0) is 12.5 Å². The molecule has 0 aliphatic heterocycles. The molecule has 100 valence electrons. The number of hydrogen-bond donors (Lipinski definition) is 1. The molecule has 1 N–H and O–H groups in total. The Morgan fingerprint density at radius 1 is 1.47 bits per heavy atom. The first kappa shape index (κ1) is 12.9. The predicted octanol–water partition coefficient (Wildman–Crippen LogP) is 1.61. The summed E-state index contributed by atoms with van der Waals surface area (Å²) in [4.78, 5) is 18.7. The molecule has 0 saturated heterocycles. The third-order valence-electron chi connectivity index (χ3n) is 2.50. The zero-order valence-corrected chi connectivity index (χ0v) is 10.7. The van der Waals surface area contributed by atoms with Crippen LogP contribution in [-0.2, 0) is 7.05 Å². The van der Waals surface area contributed by atoms with Gasteiger partial charge in [0.25, 0.3) is 0 Å². The van der Waals surface area contributed by atoms with Gasteiger partial charge in [0, 0.05) is 19.8 Å². The highest BCUT2D eigenvalue weighted by atomic mass is 16.6. The largest absolute Gasteiger partial charge is 0.364 e. The molecule has 0 unspecified atom stereocenters. The first-order valence-electron chi connectivity index (χ1n) is 5.86. The first-order valence-corrected chi connectivity index (χ1v) is 5.86. The number of nitrogens with zero attached hydrogens (tertiary/aromatic N) is 5. The molecule has 0 amide bonds. The van der Waals surface area contributed by atoms with E-state index in [2.05, 4.69) is 20.4 Å². The summed E-state index contributed by atoms with van der Waals surface area (Å²) in [5, 5.41) is 18.3. The summed E-state index contributed by atoms with van der Waals surface area (Å²) in [6.45, 7) is 2.58. The van der Waals surface area contributed by atoms with Crippen molar-refractivity contribution in [3.63, 3.8) is 0 Å². The second-order valence-corrected chi connectivity index (χ2v) is 3.98. The van der Waals surface area contributed by atoms with Gasteiger partial charge < -0.3 is 5.32 Å². The molecule has 0 aliphatic carbocycles. The maximum absolute atomic E-state index is 11.2. The van der Waals surface area contributed by atoms with E-state index >= 15 is 0 Å². The highest BCUT2D eigenvalue weighted by Crippen LogP contribution is 2.31. The molecule has 0 atom stereocenters. The fraction of sp³-hybridized carbons (Fsp3) is 0.364. The van der Waals surface area contributed by atoms with Crippen LogP contribution in [0.2, 0.25) is 0 Å². The van der Waals surface area contributed by atoms with E-state index in [1.807, 2.05) is 6.92 Å². The number of aromatic nitrogens is 4. The highest BCUT2D eigenvalue weighted by molar-refractivity contribution is 5.74. The number of hydrogen-bond acceptors (Lipinski definition) is 6. The van der Waals surface area contributed by atoms with E-state index in [0.717, 1.165) is 6.42 Å². The molecule has 0 saturated carbocycles. The minimum Gasteiger partial charge on any atom is -0.364 e. The molecule has 8 heteroatoms. The van der Waals surface area contributed by atoms with Crippen LogP contribution in [0.3, 0.4) is 0 Å². The van der Waals surface area contributed by atoms with Crippen LogP contribution >= 0.6 is 0 Å². The van der Waals surface area contributed by atoms with E-state index < -0.39 is 4.92 Å². The molecule has 19 heavy (non-hydrogen) atoms. The van der Waals surface area contributed by atoms with E-state index in [9.17, 15) is 10.1 Å². The lowest BCUT2D eigenvalue weighted by Crippen LogP contribution is -2.07. The number of nitrogens with one attached hydrogen (secondary N) is 1. The Hall–Kier alpha value is -2.51. The summed E-state index contributed by atoms with van der Waals surface area (Å²) < 4.78 is 1.57. The fourth-order valence-corrected chi connectivity index (χ4v) is 1.65. The van der Waals surface area contributed by atoms with Crippen LogP contribution < -0.4 is 5.32 Å². The molecule has 0 spiro atoms. The van der Waals surface area contributed by atoms with Crippen molar-refractivity contribution in [1.29, 1.82) is 0 Å². The van der Waals surface area contributed by atoms with Crippen molar-refractivity contribution in [1.82, 2.24) is 19.7 Å². The minimum absolute atomic E-state index is 0.144. The van der Waals surface area contributed by atoms with E-state index in [0.29, 0.717) is 12.2 Å². The molecule has 2 heterocycles. The lowest BCUT2D eigenvalue weighted by molar-refractivity contribution is -0.383. The normalized spacial score (nSPS) is 10.4. The van der Waals surface area contributed by atoms with Crippen LogP contribution in [-0.4, -0.2) is 31.2 Å². The average molecular weight is 262 g/mol. The van der Waals surface area contributed by atoms with Crippen molar-refractivity contribution in [3.05, 3.63) is 28.7 Å². The van der Waals surface area contributed by atoms with Gasteiger partial charge in [-0.25, -0.2) is 9.97 Å². The molecule has 8 nitrogen and oxygen atoms in total. The molecule has 0 aromatic carbocycles. The molecule has 2 aromatic rings. The maximum Gasteiger partial charge on any atom is 0.339 e. The van der Waals surface area contributed by atoms with Crippen LogP contribution in [0.5, 0.6) is 0 Å². The zero-order chi connectivity index (χ0) is 13.8. The Labute approximate surface area is 109 Å². The highest BCUT2D eigenvalue weighted by Gasteiger charge is 2.24. The topological polar surface area (TPSA) is 98.8 Å². The van der Waals surface area contributed by atoms with Crippen LogP contribution in [0.4, 0.5) is 11.5 Å². The third-order valence-corrected chi connectivity index (χ3v) is 2.50. The first-order chi connectivity index (χ1) is 9.13. The van der Waals surface area contributed by atoms with Gasteiger partial charge in [0.2, 0.25) is 5.82 Å². The molecular weight excluding hydrogens is 248 g/mol. The fourth-order valence-electron chi connectivity index (χ4n) is 1.65. The second-order valence-electron chi connectivity index (χ2n) is 3.98. The van der Waals surface area contributed by atoms with Crippen molar-refractivity contribution in [3.8, 4) is 11.4 Å². The molecule has 0 aliphatic rings. The molecule has 0 radical (unpaired) electrons. The Kier molecular flexibility index (Phi) is 3.69. The Bertz CT molecular complexity index is 595. The van der Waals surface area contributed by atoms with Crippen molar-refractivity contribution in [2.75, 3.05) is 11.9 Å². The zero-order valence-electron chi connectivity index (χ0n) is 10.7. The van der Waals surface area contributed by atoms with Crippen LogP contribution in [0, 0.1) is 10.1 Å². The lowest BCUT2D eigenvalue weighted by atomic mass is 10.2. The number of nitro groups is 1. The minimum atomic E-state index is -0.484. The standard InChI is InChI=1S/C11H14N6O2/c1-3-5-12-11-10(17(18)19)9(13-7-14-11)8-4-6-16(2)15-8/h4,6-7H,3,5H2,1-2H3,(H,12,13,14). The molecule has 0 fully saturated rings. The van der Waals surface area contributed by atoms with Gasteiger partial charge in [-0.1, -0.05) is 6.92 Å². The molecule has 2 aromatic heterocycles. The molecule has 0 bridgehead atoms. The summed E-state index contributed by atoms with van der Waals surface area (Å²) >= 11 is 0. The summed E-state index contributed by atoms with van der Waals surface area (Å²) in [7, 11) is 1.74. The van der Waals surface area contributed by atoms with Crippen LogP contribution in [0.15, 0.2) is 18.6 Å². The van der Waals surface area contributed by atoms with Gasteiger partial charge in [0.1, 0.15) is 12.0 Å². The lowest BCUT2D eigenvalue weighted by Gasteiger charge is -2.06. The summed E-state index contributed by atoms with van der Waals surface area (Å²) in [5.74, 6) is 0.225. The monoisotopic (exact) mass is 262 g/mol. The van der Waals surface area contributed by atoms with Crippen molar-refractivity contribution >= 4 is 11.5 Å². The Morgan fingerprint density at radius 3 is 2.84 bits per heavy atom. The van der Waals surface area contributed by atoms with Gasteiger partial charge in [-0.2, -0.15) is 5.10 Å². The average Bonchev–Trinajstić information content (AvgIpc) is 2.82. The van der Waals surface area contributed by atoms with E-state index in [1.165, 1.54) is 6.33 Å². The SMILES string of the molecule is CCCNc1ncnc(-c2ccn(C)n2)c1[N+](=O)[O-]. The summed E-state index contributed by atoms with van der Waals surface area (Å²) in [6.07, 6.45) is 3.86. The van der Waals surface area contributed by atoms with Crippen LogP contribution in [0.25, 0.3) is 11.4 Å². The van der Waals surface area contributed by atoms with Gasteiger partial charge in [0.15, 0.2) is 5.69 Å². The van der Waals surface area contributed by atoms with E-state index in [1.54, 1.807) is 24.0 Å². The predicted molar refractivity (Wildman–Crippen MR) is 69.7 cm³/mol. The quantitative estimate of drug-likeness (QED) is 0.649. The Morgan fingerprint density at radius 2 is 2.26 bits per heavy atom. The second kappa shape index (κ2) is 5.42. The van der Waals surface area contributed by atoms with Crippen molar-refractivity contribution in [2.45, 2.75) is 13.3 Å². The van der Waals surface area contributed by atoms with Crippen molar-refractivity contribution in [2.24, 2.45) is 7.05 Å². The number of aryl methyl sites for hydroxylation is 1. The van der Waals surface area contributed by atoms with Crippen molar-refractivity contribution < 1.29 is 4.92 Å². The Balaban J connectivity index is 2.51. The van der Waals surface area contributed by atoms with Crippen LogP contribution in [0.1, 0.15) is 13.3 Å². The summed E-state index contributed by atoms with van der Waals surface area (Å²) in [5.41, 5.74) is 0.532. The van der Waals surface area contributed by atoms with E-state index in [4.69, 9.17) is 0 Å². The number of anilines is 1. The maximum atomic E-state index is 11.2.